The number of hydrogen-bond acceptors (Lipinski definition) is 2. The van der Waals surface area contributed by atoms with Gasteiger partial charge in [-0.3, -0.25) is 0 Å². The van der Waals surface area contributed by atoms with Crippen molar-refractivity contribution in [2.45, 2.75) is 64.2 Å². The topological polar surface area (TPSA) is 21.3 Å². The molecule has 0 bridgehead atoms. The lowest BCUT2D eigenvalue weighted by Crippen LogP contribution is -2.28. The van der Waals surface area contributed by atoms with Crippen LogP contribution in [0.2, 0.25) is 0 Å². The minimum atomic E-state index is 0.858. The molecule has 0 atom stereocenters. The highest BCUT2D eigenvalue weighted by atomic mass is 16.5. The summed E-state index contributed by atoms with van der Waals surface area (Å²) in [4.78, 5) is 0. The van der Waals surface area contributed by atoms with Crippen molar-refractivity contribution >= 4 is 0 Å². The van der Waals surface area contributed by atoms with Gasteiger partial charge in [-0.25, -0.2) is 0 Å². The van der Waals surface area contributed by atoms with Crippen molar-refractivity contribution in [2.24, 2.45) is 11.8 Å². The van der Waals surface area contributed by atoms with Crippen molar-refractivity contribution in [2.75, 3.05) is 26.3 Å². The number of rotatable bonds is 7. The van der Waals surface area contributed by atoms with Crippen LogP contribution < -0.4 is 5.32 Å². The van der Waals surface area contributed by atoms with E-state index in [0.29, 0.717) is 0 Å². The molecule has 2 fully saturated rings. The third-order valence-corrected chi connectivity index (χ3v) is 4.66. The van der Waals surface area contributed by atoms with Crippen LogP contribution in [-0.2, 0) is 4.74 Å². The Bertz CT molecular complexity index is 173. The predicted molar refractivity (Wildman–Crippen MR) is 76.8 cm³/mol. The van der Waals surface area contributed by atoms with Crippen LogP contribution in [0.25, 0.3) is 0 Å². The smallest absolute Gasteiger partial charge is 0.0591 e. The summed E-state index contributed by atoms with van der Waals surface area (Å²) in [6, 6.07) is 0. The summed E-state index contributed by atoms with van der Waals surface area (Å²) >= 11 is 0. The fourth-order valence-electron chi connectivity index (χ4n) is 3.45. The first-order chi connectivity index (χ1) is 8.95. The van der Waals surface area contributed by atoms with Crippen molar-refractivity contribution < 1.29 is 4.74 Å². The molecule has 0 aliphatic heterocycles. The van der Waals surface area contributed by atoms with Crippen LogP contribution in [0.15, 0.2) is 0 Å². The fraction of sp³-hybridized carbons (Fsp3) is 1.00. The Kier molecular flexibility index (Phi) is 7.11. The van der Waals surface area contributed by atoms with E-state index in [2.05, 4.69) is 5.32 Å². The average Bonchev–Trinajstić information content (AvgIpc) is 2.45. The highest BCUT2D eigenvalue weighted by Gasteiger charge is 2.14. The first-order valence-corrected chi connectivity index (χ1v) is 8.23. The molecule has 0 aromatic carbocycles. The molecule has 18 heavy (non-hydrogen) atoms. The molecule has 0 aromatic rings. The molecule has 106 valence electrons. The molecule has 2 aliphatic carbocycles. The van der Waals surface area contributed by atoms with Crippen LogP contribution >= 0.6 is 0 Å². The van der Waals surface area contributed by atoms with Gasteiger partial charge in [0.05, 0.1) is 6.61 Å². The first-order valence-electron chi connectivity index (χ1n) is 8.23. The Balaban J connectivity index is 1.39. The van der Waals surface area contributed by atoms with Gasteiger partial charge in [0.1, 0.15) is 0 Å². The molecular formula is C16H31NO. The summed E-state index contributed by atoms with van der Waals surface area (Å²) in [6.07, 6.45) is 14.3. The van der Waals surface area contributed by atoms with Crippen molar-refractivity contribution in [1.29, 1.82) is 0 Å². The van der Waals surface area contributed by atoms with Gasteiger partial charge in [0.2, 0.25) is 0 Å². The zero-order valence-corrected chi connectivity index (χ0v) is 12.0. The zero-order valence-electron chi connectivity index (χ0n) is 12.0. The van der Waals surface area contributed by atoms with Gasteiger partial charge in [-0.05, 0) is 44.1 Å². The highest BCUT2D eigenvalue weighted by molar-refractivity contribution is 4.68. The lowest BCUT2D eigenvalue weighted by Gasteiger charge is -2.22. The van der Waals surface area contributed by atoms with Crippen LogP contribution in [0, 0.1) is 11.8 Å². The molecule has 0 spiro atoms. The van der Waals surface area contributed by atoms with E-state index in [0.717, 1.165) is 31.6 Å². The van der Waals surface area contributed by atoms with Crippen molar-refractivity contribution in [3.05, 3.63) is 0 Å². The van der Waals surface area contributed by atoms with Crippen molar-refractivity contribution in [3.63, 3.8) is 0 Å². The van der Waals surface area contributed by atoms with Gasteiger partial charge in [0.15, 0.2) is 0 Å². The molecule has 0 radical (unpaired) electrons. The van der Waals surface area contributed by atoms with Gasteiger partial charge < -0.3 is 10.1 Å². The van der Waals surface area contributed by atoms with E-state index in [4.69, 9.17) is 4.74 Å². The van der Waals surface area contributed by atoms with Crippen molar-refractivity contribution in [3.8, 4) is 0 Å². The van der Waals surface area contributed by atoms with E-state index in [1.165, 1.54) is 70.8 Å². The Labute approximate surface area is 113 Å². The van der Waals surface area contributed by atoms with Crippen LogP contribution in [0.5, 0.6) is 0 Å². The van der Waals surface area contributed by atoms with Gasteiger partial charge in [0, 0.05) is 13.2 Å². The van der Waals surface area contributed by atoms with E-state index < -0.39 is 0 Å². The van der Waals surface area contributed by atoms with E-state index >= 15 is 0 Å². The minimum Gasteiger partial charge on any atom is -0.380 e. The lowest BCUT2D eigenvalue weighted by atomic mass is 9.89. The highest BCUT2D eigenvalue weighted by Crippen LogP contribution is 2.24. The van der Waals surface area contributed by atoms with Gasteiger partial charge in [-0.15, -0.1) is 0 Å². The number of nitrogens with one attached hydrogen (secondary N) is 1. The number of ether oxygens (including phenoxy) is 1. The maximum atomic E-state index is 5.80. The number of hydrogen-bond donors (Lipinski definition) is 1. The Hall–Kier alpha value is -0.0800. The minimum absolute atomic E-state index is 0.858. The molecule has 0 heterocycles. The second-order valence-electron chi connectivity index (χ2n) is 6.29. The molecule has 2 nitrogen and oxygen atoms in total. The van der Waals surface area contributed by atoms with Crippen LogP contribution in [-0.4, -0.2) is 26.3 Å². The SMILES string of the molecule is C1CCC(CNCCOCC2CCCCC2)CC1. The van der Waals surface area contributed by atoms with Gasteiger partial charge >= 0.3 is 0 Å². The quantitative estimate of drug-likeness (QED) is 0.698. The predicted octanol–water partition coefficient (Wildman–Crippen LogP) is 3.75. The van der Waals surface area contributed by atoms with E-state index in [9.17, 15) is 0 Å². The second-order valence-corrected chi connectivity index (χ2v) is 6.29. The van der Waals surface area contributed by atoms with Crippen LogP contribution in [0.4, 0.5) is 0 Å². The maximum Gasteiger partial charge on any atom is 0.0591 e. The second kappa shape index (κ2) is 8.92. The molecule has 0 saturated heterocycles. The van der Waals surface area contributed by atoms with E-state index in [1.54, 1.807) is 0 Å². The van der Waals surface area contributed by atoms with E-state index in [1.807, 2.05) is 0 Å². The maximum absolute atomic E-state index is 5.80. The summed E-state index contributed by atoms with van der Waals surface area (Å²) in [5, 5.41) is 3.57. The molecule has 0 amide bonds. The molecule has 2 heteroatoms. The average molecular weight is 253 g/mol. The zero-order chi connectivity index (χ0) is 12.5. The molecule has 1 N–H and O–H groups in total. The molecule has 2 rings (SSSR count). The Morgan fingerprint density at radius 1 is 0.778 bits per heavy atom. The third kappa shape index (κ3) is 5.71. The van der Waals surface area contributed by atoms with Gasteiger partial charge in [0.25, 0.3) is 0 Å². The molecule has 0 unspecified atom stereocenters. The summed E-state index contributed by atoms with van der Waals surface area (Å²) in [5.74, 6) is 1.80. The Morgan fingerprint density at radius 2 is 1.39 bits per heavy atom. The van der Waals surface area contributed by atoms with Crippen LogP contribution in [0.3, 0.4) is 0 Å². The largest absolute Gasteiger partial charge is 0.380 e. The monoisotopic (exact) mass is 253 g/mol. The normalized spacial score (nSPS) is 23.3. The summed E-state index contributed by atoms with van der Waals surface area (Å²) < 4.78 is 5.80. The summed E-state index contributed by atoms with van der Waals surface area (Å²) in [6.45, 7) is 4.17. The molecule has 2 aliphatic rings. The molecule has 0 aromatic heterocycles. The molecule has 2 saturated carbocycles. The lowest BCUT2D eigenvalue weighted by molar-refractivity contribution is 0.0862. The van der Waals surface area contributed by atoms with Crippen molar-refractivity contribution in [1.82, 2.24) is 5.32 Å². The van der Waals surface area contributed by atoms with Gasteiger partial charge in [-0.2, -0.15) is 0 Å². The van der Waals surface area contributed by atoms with E-state index in [-0.39, 0.29) is 0 Å². The Morgan fingerprint density at radius 3 is 2.06 bits per heavy atom. The third-order valence-electron chi connectivity index (χ3n) is 4.66. The fourth-order valence-corrected chi connectivity index (χ4v) is 3.45. The van der Waals surface area contributed by atoms with Gasteiger partial charge in [-0.1, -0.05) is 38.5 Å². The molecular weight excluding hydrogens is 222 g/mol. The van der Waals surface area contributed by atoms with Crippen LogP contribution in [0.1, 0.15) is 64.2 Å². The first kappa shape index (κ1) is 14.3. The standard InChI is InChI=1S/C16H31NO/c1-3-7-15(8-4-1)13-17-11-12-18-14-16-9-5-2-6-10-16/h15-17H,1-14H2. The summed E-state index contributed by atoms with van der Waals surface area (Å²) in [7, 11) is 0. The summed E-state index contributed by atoms with van der Waals surface area (Å²) in [5.41, 5.74) is 0.